The van der Waals surface area contributed by atoms with Crippen molar-refractivity contribution < 1.29 is 19.7 Å². The minimum absolute atomic E-state index is 0.198. The Labute approximate surface area is 125 Å². The second-order valence-corrected chi connectivity index (χ2v) is 5.25. The minimum Gasteiger partial charge on any atom is -0.386 e. The molecule has 0 spiro atoms. The Morgan fingerprint density at radius 3 is 2.71 bits per heavy atom. The zero-order valence-corrected chi connectivity index (χ0v) is 12.7. The summed E-state index contributed by atoms with van der Waals surface area (Å²) in [5.41, 5.74) is 2.15. The number of methoxy groups -OCH3 is 1. The van der Waals surface area contributed by atoms with Crippen LogP contribution in [-0.2, 0) is 9.53 Å². The molecule has 0 aromatic carbocycles. The number of aliphatic hydroxyl groups excluding tert-OH is 2. The molecule has 3 unspecified atom stereocenters. The van der Waals surface area contributed by atoms with E-state index < -0.39 is 24.1 Å². The summed E-state index contributed by atoms with van der Waals surface area (Å²) in [7, 11) is 1.31. The van der Waals surface area contributed by atoms with Crippen LogP contribution in [0.25, 0.3) is 0 Å². The average molecular weight is 290 g/mol. The number of allylic oxidation sites excluding steroid dienone is 3. The summed E-state index contributed by atoms with van der Waals surface area (Å²) >= 11 is 0. The Morgan fingerprint density at radius 1 is 1.48 bits per heavy atom. The Balaban J connectivity index is 2.75. The normalized spacial score (nSPS) is 24.7. The number of aliphatic hydroxyl groups is 2. The first-order valence-corrected chi connectivity index (χ1v) is 6.84. The second-order valence-electron chi connectivity index (χ2n) is 5.25. The third kappa shape index (κ3) is 4.98. The lowest BCUT2D eigenvalue weighted by atomic mass is 9.91. The van der Waals surface area contributed by atoms with Crippen LogP contribution in [0.15, 0.2) is 35.5 Å². The molecule has 0 bridgehead atoms. The summed E-state index contributed by atoms with van der Waals surface area (Å²) in [4.78, 5) is 11.8. The zero-order chi connectivity index (χ0) is 16.0. The number of carbonyl (C=O) groups excluding carboxylic acids is 1. The van der Waals surface area contributed by atoms with Crippen molar-refractivity contribution in [3.05, 3.63) is 35.5 Å². The lowest BCUT2D eigenvalue weighted by molar-refractivity contribution is -0.141. The monoisotopic (exact) mass is 290 g/mol. The fourth-order valence-corrected chi connectivity index (χ4v) is 1.96. The first kappa shape index (κ1) is 17.4. The quantitative estimate of drug-likeness (QED) is 0.609. The van der Waals surface area contributed by atoms with Crippen molar-refractivity contribution in [1.29, 1.82) is 0 Å². The van der Waals surface area contributed by atoms with E-state index >= 15 is 0 Å². The number of ether oxygens (including phenoxy) is 1. The van der Waals surface area contributed by atoms with Crippen molar-refractivity contribution in [2.75, 3.05) is 7.11 Å². The Kier molecular flexibility index (Phi) is 6.57. The summed E-state index contributed by atoms with van der Waals surface area (Å²) in [6.45, 7) is 7.90. The summed E-state index contributed by atoms with van der Waals surface area (Å²) in [5.74, 6) is 4.97. The van der Waals surface area contributed by atoms with E-state index in [1.807, 2.05) is 13.8 Å². The van der Waals surface area contributed by atoms with Gasteiger partial charge in [-0.25, -0.2) is 0 Å². The number of hydrogen-bond donors (Lipinski definition) is 2. The number of Topliss-reactive ketones (excluding diaryl/α,β-unsaturated/α-hetero) is 1. The van der Waals surface area contributed by atoms with Gasteiger partial charge in [-0.05, 0) is 38.3 Å². The molecule has 3 atom stereocenters. The van der Waals surface area contributed by atoms with E-state index in [9.17, 15) is 15.0 Å². The molecule has 1 rings (SSSR count). The number of ketones is 1. The van der Waals surface area contributed by atoms with Crippen molar-refractivity contribution in [1.82, 2.24) is 0 Å². The van der Waals surface area contributed by atoms with Gasteiger partial charge in [0, 0.05) is 12.7 Å². The van der Waals surface area contributed by atoms with Crippen LogP contribution >= 0.6 is 0 Å². The van der Waals surface area contributed by atoms with Crippen LogP contribution in [0.2, 0.25) is 0 Å². The van der Waals surface area contributed by atoms with Crippen LogP contribution in [0.3, 0.4) is 0 Å². The molecular weight excluding hydrogens is 268 g/mol. The smallest absolute Gasteiger partial charge is 0.198 e. The van der Waals surface area contributed by atoms with Crippen molar-refractivity contribution >= 4 is 5.78 Å². The van der Waals surface area contributed by atoms with E-state index in [2.05, 4.69) is 24.5 Å². The van der Waals surface area contributed by atoms with E-state index in [4.69, 9.17) is 4.74 Å². The highest BCUT2D eigenvalue weighted by molar-refractivity contribution is 5.93. The summed E-state index contributed by atoms with van der Waals surface area (Å²) < 4.78 is 4.86. The maximum Gasteiger partial charge on any atom is 0.198 e. The molecular formula is C17H22O4. The molecule has 0 saturated carbocycles. The predicted molar refractivity (Wildman–Crippen MR) is 81.5 cm³/mol. The first-order valence-electron chi connectivity index (χ1n) is 6.84. The maximum absolute atomic E-state index is 11.8. The molecule has 4 nitrogen and oxygen atoms in total. The van der Waals surface area contributed by atoms with Gasteiger partial charge >= 0.3 is 0 Å². The van der Waals surface area contributed by atoms with Gasteiger partial charge in [0.15, 0.2) is 5.78 Å². The highest BCUT2D eigenvalue weighted by Gasteiger charge is 2.36. The lowest BCUT2D eigenvalue weighted by Gasteiger charge is -2.26. The molecule has 0 aromatic heterocycles. The van der Waals surface area contributed by atoms with Crippen molar-refractivity contribution in [2.45, 2.75) is 45.0 Å². The maximum atomic E-state index is 11.8. The second kappa shape index (κ2) is 7.94. The SMILES string of the molecule is C=C(C#CC1=CC(O)C(OC)C(=O)C1O)CCC=C(C)C. The Bertz CT molecular complexity index is 527. The van der Waals surface area contributed by atoms with Gasteiger partial charge in [-0.15, -0.1) is 0 Å². The van der Waals surface area contributed by atoms with Gasteiger partial charge in [0.2, 0.25) is 0 Å². The molecule has 114 valence electrons. The molecule has 0 aromatic rings. The largest absolute Gasteiger partial charge is 0.386 e. The zero-order valence-electron chi connectivity index (χ0n) is 12.7. The van der Waals surface area contributed by atoms with Crippen molar-refractivity contribution in [3.63, 3.8) is 0 Å². The van der Waals surface area contributed by atoms with E-state index in [0.717, 1.165) is 18.4 Å². The summed E-state index contributed by atoms with van der Waals surface area (Å²) in [5, 5.41) is 19.6. The van der Waals surface area contributed by atoms with E-state index in [1.165, 1.54) is 18.8 Å². The molecule has 0 heterocycles. The summed E-state index contributed by atoms with van der Waals surface area (Å²) in [6.07, 6.45) is 1.55. The molecule has 2 N–H and O–H groups in total. The number of hydrogen-bond acceptors (Lipinski definition) is 4. The van der Waals surface area contributed by atoms with Crippen LogP contribution in [0.5, 0.6) is 0 Å². The fraction of sp³-hybridized carbons (Fsp3) is 0.471. The van der Waals surface area contributed by atoms with Gasteiger partial charge in [-0.3, -0.25) is 4.79 Å². The Hall–Kier alpha value is -1.67. The van der Waals surface area contributed by atoms with Gasteiger partial charge in [0.25, 0.3) is 0 Å². The van der Waals surface area contributed by atoms with Gasteiger partial charge in [-0.2, -0.15) is 0 Å². The summed E-state index contributed by atoms with van der Waals surface area (Å²) in [6, 6.07) is 0. The van der Waals surface area contributed by atoms with E-state index in [-0.39, 0.29) is 5.57 Å². The Morgan fingerprint density at radius 2 is 2.14 bits per heavy atom. The molecule has 1 aliphatic rings. The first-order chi connectivity index (χ1) is 9.86. The number of carbonyl (C=O) groups is 1. The molecule has 4 heteroatoms. The third-order valence-corrected chi connectivity index (χ3v) is 3.14. The molecule has 0 saturated heterocycles. The molecule has 0 radical (unpaired) electrons. The highest BCUT2D eigenvalue weighted by Crippen LogP contribution is 2.18. The standard InChI is InChI=1S/C17H22O4/c1-11(2)6-5-7-12(3)8-9-13-10-14(18)17(21-4)16(20)15(13)19/h6,10,14-15,17-19H,3,5,7H2,1-2,4H3. The van der Waals surface area contributed by atoms with Gasteiger partial charge in [0.1, 0.15) is 18.3 Å². The minimum atomic E-state index is -1.35. The topological polar surface area (TPSA) is 66.8 Å². The van der Waals surface area contributed by atoms with Crippen LogP contribution in [0, 0.1) is 11.8 Å². The van der Waals surface area contributed by atoms with Crippen LogP contribution in [0.4, 0.5) is 0 Å². The fourth-order valence-electron chi connectivity index (χ4n) is 1.96. The number of rotatable bonds is 4. The average Bonchev–Trinajstić information content (AvgIpc) is 2.41. The van der Waals surface area contributed by atoms with Crippen LogP contribution in [0.1, 0.15) is 26.7 Å². The van der Waals surface area contributed by atoms with Crippen LogP contribution in [-0.4, -0.2) is 41.4 Å². The molecule has 1 aliphatic carbocycles. The van der Waals surface area contributed by atoms with Gasteiger partial charge in [-0.1, -0.05) is 30.1 Å². The van der Waals surface area contributed by atoms with Gasteiger partial charge in [0.05, 0.1) is 0 Å². The van der Waals surface area contributed by atoms with E-state index in [1.54, 1.807) is 0 Å². The molecule has 0 fully saturated rings. The van der Waals surface area contributed by atoms with E-state index in [0.29, 0.717) is 0 Å². The van der Waals surface area contributed by atoms with Crippen LogP contribution < -0.4 is 0 Å². The highest BCUT2D eigenvalue weighted by atomic mass is 16.5. The van der Waals surface area contributed by atoms with Crippen molar-refractivity contribution in [2.24, 2.45) is 0 Å². The molecule has 0 amide bonds. The van der Waals surface area contributed by atoms with Gasteiger partial charge < -0.3 is 14.9 Å². The lowest BCUT2D eigenvalue weighted by Crippen LogP contribution is -2.45. The van der Waals surface area contributed by atoms with Crippen molar-refractivity contribution in [3.8, 4) is 11.8 Å². The molecule has 21 heavy (non-hydrogen) atoms. The third-order valence-electron chi connectivity index (χ3n) is 3.14. The predicted octanol–water partition coefficient (Wildman–Crippen LogP) is 1.54. The molecule has 0 aliphatic heterocycles.